The van der Waals surface area contributed by atoms with E-state index >= 15 is 0 Å². The number of hydrogen-bond donors (Lipinski definition) is 2. The minimum absolute atomic E-state index is 0.102. The molecule has 2 N–H and O–H groups in total. The summed E-state index contributed by atoms with van der Waals surface area (Å²) in [6.07, 6.45) is -0.637. The fourth-order valence-corrected chi connectivity index (χ4v) is 1.38. The zero-order valence-corrected chi connectivity index (χ0v) is 10.6. The van der Waals surface area contributed by atoms with Gasteiger partial charge in [0.05, 0.1) is 6.61 Å². The lowest BCUT2D eigenvalue weighted by Crippen LogP contribution is -2.42. The summed E-state index contributed by atoms with van der Waals surface area (Å²) in [5.74, 6) is 0.267. The number of carbonyl (C=O) groups is 1. The maximum atomic E-state index is 11.6. The largest absolute Gasteiger partial charge is 0.481 e. The van der Waals surface area contributed by atoms with Gasteiger partial charge in [-0.15, -0.1) is 0 Å². The van der Waals surface area contributed by atoms with Gasteiger partial charge in [-0.2, -0.15) is 0 Å². The van der Waals surface area contributed by atoms with Crippen LogP contribution in [0.1, 0.15) is 13.8 Å². The molecule has 0 aliphatic carbocycles. The number of ether oxygens (including phenoxy) is 1. The van der Waals surface area contributed by atoms with Crippen LogP contribution >= 0.6 is 11.6 Å². The highest BCUT2D eigenvalue weighted by atomic mass is 35.5. The zero-order valence-electron chi connectivity index (χ0n) is 9.81. The zero-order chi connectivity index (χ0) is 12.8. The average Bonchev–Trinajstić information content (AvgIpc) is 2.28. The van der Waals surface area contributed by atoms with E-state index in [1.165, 1.54) is 0 Å². The molecular formula is C12H16ClNO3. The van der Waals surface area contributed by atoms with E-state index in [1.54, 1.807) is 38.1 Å². The normalized spacial score (nSPS) is 13.9. The molecule has 1 aromatic rings. The highest BCUT2D eigenvalue weighted by Crippen LogP contribution is 2.18. The number of rotatable bonds is 5. The first kappa shape index (κ1) is 13.8. The van der Waals surface area contributed by atoms with Gasteiger partial charge < -0.3 is 15.2 Å². The molecule has 0 aliphatic heterocycles. The number of nitrogens with one attached hydrogen (secondary N) is 1. The first-order valence-corrected chi connectivity index (χ1v) is 5.74. The Morgan fingerprint density at radius 1 is 1.53 bits per heavy atom. The van der Waals surface area contributed by atoms with Crippen LogP contribution in [0, 0.1) is 0 Å². The summed E-state index contributed by atoms with van der Waals surface area (Å²) in [5.41, 5.74) is 0. The summed E-state index contributed by atoms with van der Waals surface area (Å²) in [5, 5.41) is 12.0. The quantitative estimate of drug-likeness (QED) is 0.843. The lowest BCUT2D eigenvalue weighted by atomic mass is 10.3. The van der Waals surface area contributed by atoms with E-state index in [2.05, 4.69) is 5.32 Å². The molecule has 0 fully saturated rings. The molecule has 2 atom stereocenters. The molecule has 5 heteroatoms. The summed E-state index contributed by atoms with van der Waals surface area (Å²) < 4.78 is 5.42. The fourth-order valence-electron chi connectivity index (χ4n) is 1.20. The monoisotopic (exact) mass is 257 g/mol. The molecular weight excluding hydrogens is 242 g/mol. The number of carbonyl (C=O) groups excluding carboxylic acids is 1. The topological polar surface area (TPSA) is 58.6 Å². The molecule has 2 unspecified atom stereocenters. The highest BCUT2D eigenvalue weighted by Gasteiger charge is 2.16. The number of aliphatic hydroxyl groups excluding tert-OH is 1. The van der Waals surface area contributed by atoms with Crippen LogP contribution in [-0.4, -0.2) is 29.8 Å². The van der Waals surface area contributed by atoms with Crippen LogP contribution in [0.5, 0.6) is 5.75 Å². The van der Waals surface area contributed by atoms with Crippen molar-refractivity contribution in [1.82, 2.24) is 5.32 Å². The van der Waals surface area contributed by atoms with Crippen molar-refractivity contribution in [2.45, 2.75) is 26.0 Å². The molecule has 1 rings (SSSR count). The van der Waals surface area contributed by atoms with Gasteiger partial charge in [-0.3, -0.25) is 4.79 Å². The molecule has 17 heavy (non-hydrogen) atoms. The molecule has 1 amide bonds. The van der Waals surface area contributed by atoms with Crippen LogP contribution < -0.4 is 10.1 Å². The van der Waals surface area contributed by atoms with E-state index in [4.69, 9.17) is 21.4 Å². The third kappa shape index (κ3) is 4.63. The van der Waals surface area contributed by atoms with Crippen molar-refractivity contribution < 1.29 is 14.6 Å². The Balaban J connectivity index is 2.54. The SMILES string of the molecule is CC(CO)NC(=O)C(C)Oc1cccc(Cl)c1. The number of aliphatic hydroxyl groups is 1. The highest BCUT2D eigenvalue weighted by molar-refractivity contribution is 6.30. The van der Waals surface area contributed by atoms with Gasteiger partial charge in [-0.1, -0.05) is 17.7 Å². The Labute approximate surface area is 106 Å². The van der Waals surface area contributed by atoms with Crippen LogP contribution in [0.4, 0.5) is 0 Å². The van der Waals surface area contributed by atoms with Gasteiger partial charge in [0.15, 0.2) is 6.10 Å². The maximum absolute atomic E-state index is 11.6. The summed E-state index contributed by atoms with van der Waals surface area (Å²) in [7, 11) is 0. The van der Waals surface area contributed by atoms with Crippen LogP contribution in [-0.2, 0) is 4.79 Å². The lowest BCUT2D eigenvalue weighted by Gasteiger charge is -2.17. The van der Waals surface area contributed by atoms with Crippen LogP contribution in [0.15, 0.2) is 24.3 Å². The molecule has 0 heterocycles. The second kappa shape index (κ2) is 6.47. The smallest absolute Gasteiger partial charge is 0.261 e. The minimum atomic E-state index is -0.637. The Morgan fingerprint density at radius 3 is 2.82 bits per heavy atom. The fraction of sp³-hybridized carbons (Fsp3) is 0.417. The second-order valence-electron chi connectivity index (χ2n) is 3.81. The molecule has 0 radical (unpaired) electrons. The molecule has 0 saturated heterocycles. The van der Waals surface area contributed by atoms with E-state index in [0.717, 1.165) is 0 Å². The first-order valence-electron chi connectivity index (χ1n) is 5.36. The maximum Gasteiger partial charge on any atom is 0.261 e. The molecule has 0 spiro atoms. The summed E-state index contributed by atoms with van der Waals surface area (Å²) >= 11 is 5.80. The first-order chi connectivity index (χ1) is 8.02. The Hall–Kier alpha value is -1.26. The predicted octanol–water partition coefficient (Wildman–Crippen LogP) is 1.60. The van der Waals surface area contributed by atoms with Crippen molar-refractivity contribution in [2.75, 3.05) is 6.61 Å². The van der Waals surface area contributed by atoms with Crippen LogP contribution in [0.2, 0.25) is 5.02 Å². The summed E-state index contributed by atoms with van der Waals surface area (Å²) in [6.45, 7) is 3.25. The molecule has 0 aromatic heterocycles. The van der Waals surface area contributed by atoms with Crippen molar-refractivity contribution in [1.29, 1.82) is 0 Å². The molecule has 4 nitrogen and oxygen atoms in total. The van der Waals surface area contributed by atoms with Crippen molar-refractivity contribution >= 4 is 17.5 Å². The van der Waals surface area contributed by atoms with Gasteiger partial charge in [0, 0.05) is 11.1 Å². The van der Waals surface area contributed by atoms with Gasteiger partial charge in [0.25, 0.3) is 5.91 Å². The minimum Gasteiger partial charge on any atom is -0.481 e. The van der Waals surface area contributed by atoms with Crippen molar-refractivity contribution in [3.63, 3.8) is 0 Å². The standard InChI is InChI=1S/C12H16ClNO3/c1-8(7-15)14-12(16)9(2)17-11-5-3-4-10(13)6-11/h3-6,8-9,15H,7H2,1-2H3,(H,14,16). The summed E-state index contributed by atoms with van der Waals surface area (Å²) in [4.78, 5) is 11.6. The van der Waals surface area contributed by atoms with Gasteiger partial charge in [0.2, 0.25) is 0 Å². The predicted molar refractivity (Wildman–Crippen MR) is 66.2 cm³/mol. The lowest BCUT2D eigenvalue weighted by molar-refractivity contribution is -0.128. The van der Waals surface area contributed by atoms with Crippen molar-refractivity contribution in [3.05, 3.63) is 29.3 Å². The third-order valence-corrected chi connectivity index (χ3v) is 2.38. The Bertz CT molecular complexity index is 384. The van der Waals surface area contributed by atoms with Gasteiger partial charge in [-0.05, 0) is 32.0 Å². The average molecular weight is 258 g/mol. The van der Waals surface area contributed by atoms with E-state index in [-0.39, 0.29) is 18.6 Å². The molecule has 94 valence electrons. The number of hydrogen-bond acceptors (Lipinski definition) is 3. The third-order valence-electron chi connectivity index (χ3n) is 2.14. The van der Waals surface area contributed by atoms with E-state index in [1.807, 2.05) is 0 Å². The van der Waals surface area contributed by atoms with Crippen molar-refractivity contribution in [2.24, 2.45) is 0 Å². The van der Waals surface area contributed by atoms with Gasteiger partial charge in [-0.25, -0.2) is 0 Å². The van der Waals surface area contributed by atoms with Gasteiger partial charge >= 0.3 is 0 Å². The second-order valence-corrected chi connectivity index (χ2v) is 4.25. The van der Waals surface area contributed by atoms with Crippen LogP contribution in [0.25, 0.3) is 0 Å². The molecule has 1 aromatic carbocycles. The summed E-state index contributed by atoms with van der Waals surface area (Å²) in [6, 6.07) is 6.56. The number of halogens is 1. The number of benzene rings is 1. The molecule has 0 bridgehead atoms. The Kier molecular flexibility index (Phi) is 5.25. The van der Waals surface area contributed by atoms with Crippen molar-refractivity contribution in [3.8, 4) is 5.75 Å². The van der Waals surface area contributed by atoms with Crippen LogP contribution in [0.3, 0.4) is 0 Å². The molecule has 0 aliphatic rings. The molecule has 0 saturated carbocycles. The van der Waals surface area contributed by atoms with E-state index in [0.29, 0.717) is 10.8 Å². The number of amides is 1. The Morgan fingerprint density at radius 2 is 2.24 bits per heavy atom. The van der Waals surface area contributed by atoms with E-state index in [9.17, 15) is 4.79 Å². The van der Waals surface area contributed by atoms with E-state index < -0.39 is 6.10 Å². The van der Waals surface area contributed by atoms with Gasteiger partial charge in [0.1, 0.15) is 5.75 Å².